The highest BCUT2D eigenvalue weighted by atomic mass is 16.6. The number of carbonyl (C=O) groups excluding carboxylic acids is 2. The quantitative estimate of drug-likeness (QED) is 0.470. The second-order valence-corrected chi connectivity index (χ2v) is 5.01. The normalized spacial score (nSPS) is 13.3. The van der Waals surface area contributed by atoms with E-state index in [2.05, 4.69) is 15.6 Å². The van der Waals surface area contributed by atoms with E-state index in [0.717, 1.165) is 6.42 Å². The largest absolute Gasteiger partial charge is 0.754 e. The SMILES string of the molecule is CCOC(=O)Nc1cc(N2CC=CCC2)nc(NC(=O)OCC)[n+]1[O-]. The van der Waals surface area contributed by atoms with Gasteiger partial charge in [-0.15, -0.1) is 0 Å². The minimum Gasteiger partial charge on any atom is -0.754 e. The van der Waals surface area contributed by atoms with E-state index in [4.69, 9.17) is 9.47 Å². The highest BCUT2D eigenvalue weighted by Gasteiger charge is 2.22. The molecule has 0 atom stereocenters. The molecular weight excluding hydrogens is 330 g/mol. The first-order chi connectivity index (χ1) is 12.0. The number of nitrogens with zero attached hydrogens (tertiary/aromatic N) is 3. The lowest BCUT2D eigenvalue weighted by atomic mass is 10.2. The number of hydrogen-bond acceptors (Lipinski definition) is 7. The van der Waals surface area contributed by atoms with E-state index in [1.54, 1.807) is 13.8 Å². The van der Waals surface area contributed by atoms with Crippen LogP contribution in [0.2, 0.25) is 0 Å². The average Bonchev–Trinajstić information content (AvgIpc) is 2.59. The summed E-state index contributed by atoms with van der Waals surface area (Å²) < 4.78 is 9.86. The third-order valence-electron chi connectivity index (χ3n) is 3.27. The van der Waals surface area contributed by atoms with Gasteiger partial charge in [-0.1, -0.05) is 17.1 Å². The molecule has 0 radical (unpaired) electrons. The molecule has 0 aliphatic carbocycles. The summed E-state index contributed by atoms with van der Waals surface area (Å²) in [6.07, 6.45) is 3.26. The molecular formula is C15H21N5O5. The van der Waals surface area contributed by atoms with Gasteiger partial charge in [0.05, 0.1) is 19.3 Å². The summed E-state index contributed by atoms with van der Waals surface area (Å²) in [5, 5.41) is 17.0. The van der Waals surface area contributed by atoms with Crippen LogP contribution in [0, 0.1) is 5.21 Å². The smallest absolute Gasteiger partial charge is 0.460 e. The molecule has 0 fully saturated rings. The Balaban J connectivity index is 2.33. The number of aromatic nitrogens is 2. The van der Waals surface area contributed by atoms with E-state index in [1.165, 1.54) is 6.07 Å². The number of amides is 2. The number of nitrogens with one attached hydrogen (secondary N) is 2. The molecule has 0 spiro atoms. The predicted molar refractivity (Wildman–Crippen MR) is 90.5 cm³/mol. The van der Waals surface area contributed by atoms with Gasteiger partial charge in [0.25, 0.3) is 0 Å². The van der Waals surface area contributed by atoms with Crippen molar-refractivity contribution >= 4 is 29.8 Å². The van der Waals surface area contributed by atoms with Crippen molar-refractivity contribution in [1.29, 1.82) is 0 Å². The lowest BCUT2D eigenvalue weighted by Gasteiger charge is -2.24. The van der Waals surface area contributed by atoms with Crippen LogP contribution in [0.5, 0.6) is 0 Å². The zero-order valence-electron chi connectivity index (χ0n) is 14.2. The maximum atomic E-state index is 12.4. The fourth-order valence-electron chi connectivity index (χ4n) is 2.19. The molecule has 1 aliphatic rings. The first-order valence-corrected chi connectivity index (χ1v) is 7.97. The molecule has 136 valence electrons. The fourth-order valence-corrected chi connectivity index (χ4v) is 2.19. The minimum absolute atomic E-state index is 0.107. The average molecular weight is 351 g/mol. The van der Waals surface area contributed by atoms with Gasteiger partial charge in [-0.3, -0.25) is 0 Å². The molecule has 0 bridgehead atoms. The highest BCUT2D eigenvalue weighted by Crippen LogP contribution is 2.19. The second-order valence-electron chi connectivity index (χ2n) is 5.01. The molecule has 1 aromatic heterocycles. The van der Waals surface area contributed by atoms with Gasteiger partial charge < -0.3 is 19.6 Å². The van der Waals surface area contributed by atoms with Crippen molar-refractivity contribution in [3.05, 3.63) is 23.4 Å². The Morgan fingerprint density at radius 1 is 1.24 bits per heavy atom. The lowest BCUT2D eigenvalue weighted by Crippen LogP contribution is -2.40. The van der Waals surface area contributed by atoms with Crippen molar-refractivity contribution in [3.63, 3.8) is 0 Å². The highest BCUT2D eigenvalue weighted by molar-refractivity contribution is 5.84. The number of ether oxygens (including phenoxy) is 2. The summed E-state index contributed by atoms with van der Waals surface area (Å²) in [5.74, 6) is 0.0390. The Morgan fingerprint density at radius 3 is 2.52 bits per heavy atom. The molecule has 0 saturated heterocycles. The molecule has 2 rings (SSSR count). The van der Waals surface area contributed by atoms with Crippen molar-refractivity contribution < 1.29 is 23.8 Å². The predicted octanol–water partition coefficient (Wildman–Crippen LogP) is 1.62. The fraction of sp³-hybridized carbons (Fsp3) is 0.467. The standard InChI is InChI=1S/C15H21N5O5/c1-3-24-14(21)17-12-10-11(19-8-6-5-7-9-19)16-13(20(12)23)18-15(22)25-4-2/h5-6,10H,3-4,7-9H2,1-2H3,(H,17,21)(H,16,18,22). The van der Waals surface area contributed by atoms with Gasteiger partial charge in [0.15, 0.2) is 5.82 Å². The first-order valence-electron chi connectivity index (χ1n) is 7.97. The van der Waals surface area contributed by atoms with Gasteiger partial charge >= 0.3 is 18.1 Å². The van der Waals surface area contributed by atoms with Crippen LogP contribution in [0.1, 0.15) is 20.3 Å². The molecule has 0 saturated carbocycles. The summed E-state index contributed by atoms with van der Waals surface area (Å²) in [6, 6.07) is 1.43. The zero-order valence-corrected chi connectivity index (χ0v) is 14.2. The molecule has 0 unspecified atom stereocenters. The summed E-state index contributed by atoms with van der Waals surface area (Å²) >= 11 is 0. The van der Waals surface area contributed by atoms with Crippen molar-refractivity contribution in [1.82, 2.24) is 4.98 Å². The number of hydrogen-bond donors (Lipinski definition) is 2. The zero-order chi connectivity index (χ0) is 18.2. The molecule has 0 aromatic carbocycles. The van der Waals surface area contributed by atoms with Gasteiger partial charge in [0, 0.05) is 13.1 Å². The summed E-state index contributed by atoms with van der Waals surface area (Å²) in [7, 11) is 0. The Hall–Kier alpha value is -3.04. The van der Waals surface area contributed by atoms with Gasteiger partial charge in [-0.05, 0) is 20.3 Å². The first kappa shape index (κ1) is 18.3. The van der Waals surface area contributed by atoms with Crippen LogP contribution in [0.25, 0.3) is 0 Å². The van der Waals surface area contributed by atoms with Crippen molar-refractivity contribution in [2.75, 3.05) is 41.8 Å². The van der Waals surface area contributed by atoms with Crippen LogP contribution >= 0.6 is 0 Å². The van der Waals surface area contributed by atoms with E-state index in [0.29, 0.717) is 23.6 Å². The molecule has 10 nitrogen and oxygen atoms in total. The Bertz CT molecular complexity index is 623. The minimum atomic E-state index is -0.808. The van der Waals surface area contributed by atoms with Crippen molar-refractivity contribution in [2.45, 2.75) is 20.3 Å². The van der Waals surface area contributed by atoms with Crippen molar-refractivity contribution in [3.8, 4) is 0 Å². The molecule has 25 heavy (non-hydrogen) atoms. The van der Waals surface area contributed by atoms with Crippen LogP contribution in [-0.2, 0) is 9.47 Å². The third-order valence-corrected chi connectivity index (χ3v) is 3.27. The molecule has 2 heterocycles. The van der Waals surface area contributed by atoms with E-state index in [9.17, 15) is 14.8 Å². The maximum absolute atomic E-state index is 12.4. The van der Waals surface area contributed by atoms with Crippen LogP contribution < -0.4 is 20.3 Å². The maximum Gasteiger partial charge on any atom is 0.460 e. The van der Waals surface area contributed by atoms with Gasteiger partial charge in [0.1, 0.15) is 0 Å². The Labute approximate surface area is 145 Å². The summed E-state index contributed by atoms with van der Waals surface area (Å²) in [6.45, 7) is 4.90. The lowest BCUT2D eigenvalue weighted by molar-refractivity contribution is -0.577. The molecule has 10 heteroatoms. The number of rotatable bonds is 5. The topological polar surface area (TPSA) is 120 Å². The van der Waals surface area contributed by atoms with Gasteiger partial charge in [-0.2, -0.15) is 5.32 Å². The van der Waals surface area contributed by atoms with Crippen LogP contribution in [-0.4, -0.2) is 43.5 Å². The van der Waals surface area contributed by atoms with E-state index in [1.807, 2.05) is 17.1 Å². The molecule has 2 amide bonds. The second kappa shape index (κ2) is 8.71. The molecule has 1 aromatic rings. The van der Waals surface area contributed by atoms with Gasteiger partial charge in [0.2, 0.25) is 5.82 Å². The van der Waals surface area contributed by atoms with Crippen LogP contribution in [0.15, 0.2) is 18.2 Å². The summed E-state index contributed by atoms with van der Waals surface area (Å²) in [5.41, 5.74) is 0. The number of carbonyl (C=O) groups is 2. The van der Waals surface area contributed by atoms with E-state index >= 15 is 0 Å². The van der Waals surface area contributed by atoms with E-state index in [-0.39, 0.29) is 25.0 Å². The van der Waals surface area contributed by atoms with Crippen LogP contribution in [0.4, 0.5) is 27.2 Å². The Morgan fingerprint density at radius 2 is 1.92 bits per heavy atom. The van der Waals surface area contributed by atoms with Crippen LogP contribution in [0.3, 0.4) is 0 Å². The van der Waals surface area contributed by atoms with E-state index < -0.39 is 12.2 Å². The van der Waals surface area contributed by atoms with Gasteiger partial charge in [-0.25, -0.2) is 19.6 Å². The molecule has 2 N–H and O–H groups in total. The number of anilines is 3. The summed E-state index contributed by atoms with van der Waals surface area (Å²) in [4.78, 5) is 29.4. The third kappa shape index (κ3) is 4.96. The Kier molecular flexibility index (Phi) is 6.38. The van der Waals surface area contributed by atoms with Crippen molar-refractivity contribution in [2.24, 2.45) is 0 Å². The monoisotopic (exact) mass is 351 g/mol. The molecule has 1 aliphatic heterocycles.